The summed E-state index contributed by atoms with van der Waals surface area (Å²) in [6.45, 7) is 1.77. The number of rotatable bonds is 5. The molecule has 150 valence electrons. The minimum absolute atomic E-state index is 0.0590. The van der Waals surface area contributed by atoms with Gasteiger partial charge in [0, 0.05) is 49.8 Å². The molecule has 1 unspecified atom stereocenters. The normalized spacial score (nSPS) is 19.5. The Labute approximate surface area is 168 Å². The second kappa shape index (κ2) is 8.38. The number of ether oxygens (including phenoxy) is 1. The molecule has 0 spiro atoms. The lowest BCUT2D eigenvalue weighted by atomic mass is 9.98. The van der Waals surface area contributed by atoms with Gasteiger partial charge in [-0.1, -0.05) is 0 Å². The minimum atomic E-state index is -0.199. The van der Waals surface area contributed by atoms with Crippen molar-refractivity contribution in [2.24, 2.45) is 5.92 Å². The van der Waals surface area contributed by atoms with Crippen LogP contribution >= 0.6 is 0 Å². The number of hydrogen-bond acceptors (Lipinski definition) is 6. The number of piperidine rings is 1. The van der Waals surface area contributed by atoms with E-state index in [-0.39, 0.29) is 36.5 Å². The summed E-state index contributed by atoms with van der Waals surface area (Å²) in [7, 11) is 0. The topological polar surface area (TPSA) is 92.7 Å². The summed E-state index contributed by atoms with van der Waals surface area (Å²) in [6.07, 6.45) is 5.63. The second-order valence-electron chi connectivity index (χ2n) is 7.27. The summed E-state index contributed by atoms with van der Waals surface area (Å²) in [6, 6.07) is 8.74. The Balaban J connectivity index is 1.37. The van der Waals surface area contributed by atoms with Crippen molar-refractivity contribution in [2.75, 3.05) is 24.6 Å². The maximum Gasteiger partial charge on any atom is 0.316 e. The zero-order valence-corrected chi connectivity index (χ0v) is 16.0. The molecule has 2 aromatic rings. The third-order valence-corrected chi connectivity index (χ3v) is 5.22. The van der Waals surface area contributed by atoms with Crippen molar-refractivity contribution in [3.05, 3.63) is 48.3 Å². The van der Waals surface area contributed by atoms with Crippen LogP contribution in [0.5, 0.6) is 6.01 Å². The Morgan fingerprint density at radius 2 is 1.76 bits per heavy atom. The van der Waals surface area contributed by atoms with Crippen LogP contribution in [0, 0.1) is 5.92 Å². The number of carbonyl (C=O) groups excluding carboxylic acids is 3. The molecule has 0 saturated carbocycles. The van der Waals surface area contributed by atoms with E-state index in [1.807, 2.05) is 4.90 Å². The van der Waals surface area contributed by atoms with Crippen molar-refractivity contribution in [1.29, 1.82) is 0 Å². The van der Waals surface area contributed by atoms with E-state index in [0.717, 1.165) is 12.8 Å². The highest BCUT2D eigenvalue weighted by atomic mass is 16.5. The van der Waals surface area contributed by atoms with E-state index in [4.69, 9.17) is 4.74 Å². The molecule has 2 saturated heterocycles. The summed E-state index contributed by atoms with van der Waals surface area (Å²) in [5.41, 5.74) is 1.06. The molecule has 2 fully saturated rings. The van der Waals surface area contributed by atoms with Crippen molar-refractivity contribution in [1.82, 2.24) is 14.9 Å². The number of nitrogens with zero attached hydrogens (tertiary/aromatic N) is 4. The standard InChI is InChI=1S/C21H22N4O4/c26-18-8-9-19(27)25(18)17-6-4-16(5-7-17)20(28)24-12-1-3-15(13-24)14-29-21-22-10-2-11-23-21/h2,4-7,10-11,15H,1,3,8-9,12-14H2. The molecular weight excluding hydrogens is 372 g/mol. The molecule has 2 aliphatic rings. The second-order valence-corrected chi connectivity index (χ2v) is 7.27. The highest BCUT2D eigenvalue weighted by molar-refractivity contribution is 6.19. The predicted octanol–water partition coefficient (Wildman–Crippen LogP) is 2.06. The van der Waals surface area contributed by atoms with Gasteiger partial charge < -0.3 is 9.64 Å². The van der Waals surface area contributed by atoms with Gasteiger partial charge in [-0.3, -0.25) is 19.3 Å². The Morgan fingerprint density at radius 3 is 2.45 bits per heavy atom. The highest BCUT2D eigenvalue weighted by Crippen LogP contribution is 2.24. The molecule has 8 heteroatoms. The molecule has 0 N–H and O–H groups in total. The van der Waals surface area contributed by atoms with Crippen LogP contribution < -0.4 is 9.64 Å². The van der Waals surface area contributed by atoms with Gasteiger partial charge >= 0.3 is 6.01 Å². The molecule has 0 aliphatic carbocycles. The quantitative estimate of drug-likeness (QED) is 0.721. The van der Waals surface area contributed by atoms with E-state index in [0.29, 0.717) is 37.0 Å². The zero-order valence-electron chi connectivity index (χ0n) is 16.0. The molecule has 1 aromatic heterocycles. The van der Waals surface area contributed by atoms with Crippen molar-refractivity contribution >= 4 is 23.4 Å². The first-order chi connectivity index (χ1) is 14.1. The summed E-state index contributed by atoms with van der Waals surface area (Å²) in [4.78, 5) is 47.7. The van der Waals surface area contributed by atoms with Gasteiger partial charge in [0.1, 0.15) is 0 Å². The summed E-state index contributed by atoms with van der Waals surface area (Å²) in [5.74, 6) is -0.238. The average molecular weight is 394 g/mol. The van der Waals surface area contributed by atoms with Crippen LogP contribution in [0.25, 0.3) is 0 Å². The summed E-state index contributed by atoms with van der Waals surface area (Å²) >= 11 is 0. The molecule has 2 aliphatic heterocycles. The zero-order chi connectivity index (χ0) is 20.2. The number of carbonyl (C=O) groups is 3. The molecule has 3 heterocycles. The SMILES string of the molecule is O=C(c1ccc(N2C(=O)CCC2=O)cc1)N1CCCC(COc2ncccn2)C1. The van der Waals surface area contributed by atoms with Crippen LogP contribution in [0.2, 0.25) is 0 Å². The first kappa shape index (κ1) is 19.0. The van der Waals surface area contributed by atoms with Crippen molar-refractivity contribution < 1.29 is 19.1 Å². The van der Waals surface area contributed by atoms with E-state index >= 15 is 0 Å². The van der Waals surface area contributed by atoms with Crippen LogP contribution in [0.15, 0.2) is 42.7 Å². The molecule has 0 radical (unpaired) electrons. The van der Waals surface area contributed by atoms with Crippen molar-refractivity contribution in [3.63, 3.8) is 0 Å². The number of aromatic nitrogens is 2. The van der Waals surface area contributed by atoms with Crippen molar-refractivity contribution in [3.8, 4) is 6.01 Å². The molecule has 0 bridgehead atoms. The molecule has 3 amide bonds. The van der Waals surface area contributed by atoms with Crippen molar-refractivity contribution in [2.45, 2.75) is 25.7 Å². The fourth-order valence-corrected chi connectivity index (χ4v) is 3.74. The lowest BCUT2D eigenvalue weighted by Gasteiger charge is -2.32. The Kier molecular flexibility index (Phi) is 5.50. The number of amides is 3. The lowest BCUT2D eigenvalue weighted by molar-refractivity contribution is -0.121. The van der Waals surface area contributed by atoms with E-state index < -0.39 is 0 Å². The van der Waals surface area contributed by atoms with Gasteiger partial charge in [0.2, 0.25) is 11.8 Å². The third-order valence-electron chi connectivity index (χ3n) is 5.22. The predicted molar refractivity (Wildman–Crippen MR) is 104 cm³/mol. The van der Waals surface area contributed by atoms with Crippen LogP contribution in [0.3, 0.4) is 0 Å². The van der Waals surface area contributed by atoms with E-state index in [1.54, 1.807) is 42.7 Å². The summed E-state index contributed by atoms with van der Waals surface area (Å²) in [5, 5.41) is 0. The van der Waals surface area contributed by atoms with Gasteiger partial charge in [-0.25, -0.2) is 9.97 Å². The Bertz CT molecular complexity index is 885. The van der Waals surface area contributed by atoms with Gasteiger partial charge in [0.25, 0.3) is 5.91 Å². The first-order valence-corrected chi connectivity index (χ1v) is 9.77. The number of hydrogen-bond donors (Lipinski definition) is 0. The maximum absolute atomic E-state index is 12.9. The first-order valence-electron chi connectivity index (χ1n) is 9.77. The number of likely N-dealkylation sites (tertiary alicyclic amines) is 1. The Morgan fingerprint density at radius 1 is 1.07 bits per heavy atom. The fraction of sp³-hybridized carbons (Fsp3) is 0.381. The maximum atomic E-state index is 12.9. The number of anilines is 1. The van der Waals surface area contributed by atoms with Gasteiger partial charge in [0.05, 0.1) is 12.3 Å². The molecule has 1 aromatic carbocycles. The average Bonchev–Trinajstić information content (AvgIpc) is 3.11. The number of imide groups is 1. The smallest absolute Gasteiger partial charge is 0.316 e. The van der Waals surface area contributed by atoms with E-state index in [9.17, 15) is 14.4 Å². The molecule has 8 nitrogen and oxygen atoms in total. The molecule has 29 heavy (non-hydrogen) atoms. The fourth-order valence-electron chi connectivity index (χ4n) is 3.74. The van der Waals surface area contributed by atoms with Gasteiger partial charge in [-0.05, 0) is 43.2 Å². The van der Waals surface area contributed by atoms with E-state index in [1.165, 1.54) is 4.90 Å². The highest BCUT2D eigenvalue weighted by Gasteiger charge is 2.30. The minimum Gasteiger partial charge on any atom is -0.463 e. The number of benzene rings is 1. The van der Waals surface area contributed by atoms with Crippen LogP contribution in [-0.2, 0) is 9.59 Å². The monoisotopic (exact) mass is 394 g/mol. The van der Waals surface area contributed by atoms with Crippen LogP contribution in [-0.4, -0.2) is 52.3 Å². The molecule has 1 atom stereocenters. The van der Waals surface area contributed by atoms with Crippen LogP contribution in [0.1, 0.15) is 36.0 Å². The Hall–Kier alpha value is -3.29. The lowest BCUT2D eigenvalue weighted by Crippen LogP contribution is -2.41. The van der Waals surface area contributed by atoms with Crippen LogP contribution in [0.4, 0.5) is 5.69 Å². The molecular formula is C21H22N4O4. The van der Waals surface area contributed by atoms with Gasteiger partial charge in [-0.15, -0.1) is 0 Å². The molecule has 4 rings (SSSR count). The summed E-state index contributed by atoms with van der Waals surface area (Å²) < 4.78 is 5.64. The third kappa shape index (κ3) is 4.26. The largest absolute Gasteiger partial charge is 0.463 e. The van der Waals surface area contributed by atoms with E-state index in [2.05, 4.69) is 9.97 Å². The van der Waals surface area contributed by atoms with Gasteiger partial charge in [-0.2, -0.15) is 0 Å². The van der Waals surface area contributed by atoms with Gasteiger partial charge in [0.15, 0.2) is 0 Å².